The highest BCUT2D eigenvalue weighted by atomic mass is 15.2. The standard InChI is InChI=1S/C6H18N4/c1-9-5-6(8)10(2)4-3-7/h6,9H,3-5,7-8H2,1-2H3. The molecule has 10 heavy (non-hydrogen) atoms. The molecule has 1 unspecified atom stereocenters. The molecule has 62 valence electrons. The van der Waals surface area contributed by atoms with Crippen LogP contribution < -0.4 is 16.8 Å². The molecule has 0 radical (unpaired) electrons. The molecule has 0 saturated heterocycles. The van der Waals surface area contributed by atoms with Crippen molar-refractivity contribution in [2.24, 2.45) is 11.5 Å². The molecule has 0 aliphatic heterocycles. The molecular formula is C6H18N4. The minimum atomic E-state index is 0.0774. The van der Waals surface area contributed by atoms with Crippen LogP contribution in [0.3, 0.4) is 0 Å². The fourth-order valence-corrected chi connectivity index (χ4v) is 0.734. The predicted molar refractivity (Wildman–Crippen MR) is 43.6 cm³/mol. The third kappa shape index (κ3) is 3.79. The lowest BCUT2D eigenvalue weighted by atomic mass is 10.4. The molecular weight excluding hydrogens is 128 g/mol. The Morgan fingerprint density at radius 3 is 2.60 bits per heavy atom. The van der Waals surface area contributed by atoms with E-state index in [0.29, 0.717) is 6.54 Å². The van der Waals surface area contributed by atoms with Gasteiger partial charge in [-0.15, -0.1) is 0 Å². The van der Waals surface area contributed by atoms with Gasteiger partial charge in [-0.1, -0.05) is 0 Å². The molecule has 4 nitrogen and oxygen atoms in total. The number of hydrogen-bond donors (Lipinski definition) is 3. The number of rotatable bonds is 5. The average Bonchev–Trinajstić information content (AvgIpc) is 1.89. The van der Waals surface area contributed by atoms with Crippen LogP contribution in [-0.4, -0.2) is 44.8 Å². The van der Waals surface area contributed by atoms with E-state index in [1.54, 1.807) is 0 Å². The highest BCUT2D eigenvalue weighted by Crippen LogP contribution is 1.84. The van der Waals surface area contributed by atoms with Gasteiger partial charge in [0.15, 0.2) is 0 Å². The lowest BCUT2D eigenvalue weighted by Crippen LogP contribution is -2.47. The second-order valence-corrected chi connectivity index (χ2v) is 2.39. The largest absolute Gasteiger partial charge is 0.329 e. The normalized spacial score (nSPS) is 14.1. The van der Waals surface area contributed by atoms with E-state index in [0.717, 1.165) is 13.1 Å². The first-order chi connectivity index (χ1) is 4.72. The van der Waals surface area contributed by atoms with E-state index >= 15 is 0 Å². The molecule has 0 saturated carbocycles. The summed E-state index contributed by atoms with van der Waals surface area (Å²) in [6.45, 7) is 2.31. The van der Waals surface area contributed by atoms with Crippen molar-refractivity contribution >= 4 is 0 Å². The summed E-state index contributed by atoms with van der Waals surface area (Å²) in [5.74, 6) is 0. The number of nitrogens with zero attached hydrogens (tertiary/aromatic N) is 1. The minimum absolute atomic E-state index is 0.0774. The summed E-state index contributed by atoms with van der Waals surface area (Å²) in [5, 5.41) is 3.00. The topological polar surface area (TPSA) is 67.3 Å². The molecule has 0 heterocycles. The Kier molecular flexibility index (Phi) is 5.52. The first-order valence-corrected chi connectivity index (χ1v) is 3.53. The maximum atomic E-state index is 5.72. The predicted octanol–water partition coefficient (Wildman–Crippen LogP) is -1.62. The summed E-state index contributed by atoms with van der Waals surface area (Å²) in [6, 6.07) is 0. The fourth-order valence-electron chi connectivity index (χ4n) is 0.734. The Hall–Kier alpha value is -0.160. The second kappa shape index (κ2) is 5.61. The summed E-state index contributed by atoms with van der Waals surface area (Å²) in [4.78, 5) is 2.02. The zero-order valence-electron chi connectivity index (χ0n) is 6.80. The first kappa shape index (κ1) is 9.84. The molecule has 4 heteroatoms. The number of hydrogen-bond acceptors (Lipinski definition) is 4. The lowest BCUT2D eigenvalue weighted by molar-refractivity contribution is 0.250. The first-order valence-electron chi connectivity index (χ1n) is 3.53. The molecule has 0 amide bonds. The van der Waals surface area contributed by atoms with Crippen LogP contribution >= 0.6 is 0 Å². The Morgan fingerprint density at radius 2 is 2.20 bits per heavy atom. The van der Waals surface area contributed by atoms with Crippen LogP contribution in [-0.2, 0) is 0 Å². The third-order valence-electron chi connectivity index (χ3n) is 1.46. The van der Waals surface area contributed by atoms with Gasteiger partial charge >= 0.3 is 0 Å². The summed E-state index contributed by atoms with van der Waals surface area (Å²) in [6.07, 6.45) is 0.0774. The molecule has 0 aromatic heterocycles. The van der Waals surface area contributed by atoms with Crippen molar-refractivity contribution in [3.8, 4) is 0 Å². The van der Waals surface area contributed by atoms with E-state index in [9.17, 15) is 0 Å². The van der Waals surface area contributed by atoms with Crippen LogP contribution in [0.1, 0.15) is 0 Å². The van der Waals surface area contributed by atoms with Gasteiger partial charge in [0, 0.05) is 19.6 Å². The van der Waals surface area contributed by atoms with Crippen molar-refractivity contribution in [2.45, 2.75) is 6.17 Å². The van der Waals surface area contributed by atoms with Crippen LogP contribution in [0.25, 0.3) is 0 Å². The SMILES string of the molecule is CNCC(N)N(C)CCN. The molecule has 0 fully saturated rings. The number of nitrogens with two attached hydrogens (primary N) is 2. The summed E-state index contributed by atoms with van der Waals surface area (Å²) in [7, 11) is 3.85. The Morgan fingerprint density at radius 1 is 1.60 bits per heavy atom. The molecule has 0 aromatic rings. The van der Waals surface area contributed by atoms with Crippen molar-refractivity contribution < 1.29 is 0 Å². The van der Waals surface area contributed by atoms with Gasteiger partial charge in [0.2, 0.25) is 0 Å². The minimum Gasteiger partial charge on any atom is -0.329 e. The quantitative estimate of drug-likeness (QED) is 0.408. The van der Waals surface area contributed by atoms with Crippen molar-refractivity contribution in [2.75, 3.05) is 33.7 Å². The summed E-state index contributed by atoms with van der Waals surface area (Å²) in [5.41, 5.74) is 11.1. The Balaban J connectivity index is 3.38. The Labute approximate surface area is 62.6 Å². The van der Waals surface area contributed by atoms with Gasteiger partial charge < -0.3 is 16.8 Å². The van der Waals surface area contributed by atoms with Crippen LogP contribution in [0, 0.1) is 0 Å². The zero-order chi connectivity index (χ0) is 7.98. The van der Waals surface area contributed by atoms with Gasteiger partial charge in [-0.2, -0.15) is 0 Å². The maximum Gasteiger partial charge on any atom is 0.0698 e. The van der Waals surface area contributed by atoms with Gasteiger partial charge in [-0.3, -0.25) is 4.90 Å². The van der Waals surface area contributed by atoms with E-state index in [4.69, 9.17) is 11.5 Å². The van der Waals surface area contributed by atoms with Gasteiger partial charge in [0.05, 0.1) is 6.17 Å². The molecule has 0 aromatic carbocycles. The fraction of sp³-hybridized carbons (Fsp3) is 1.00. The van der Waals surface area contributed by atoms with Crippen molar-refractivity contribution in [3.05, 3.63) is 0 Å². The van der Waals surface area contributed by atoms with Crippen LogP contribution in [0.15, 0.2) is 0 Å². The monoisotopic (exact) mass is 146 g/mol. The molecule has 0 aliphatic carbocycles. The van der Waals surface area contributed by atoms with Gasteiger partial charge in [0.25, 0.3) is 0 Å². The smallest absolute Gasteiger partial charge is 0.0698 e. The van der Waals surface area contributed by atoms with Crippen LogP contribution in [0.2, 0.25) is 0 Å². The zero-order valence-corrected chi connectivity index (χ0v) is 6.80. The highest BCUT2D eigenvalue weighted by molar-refractivity contribution is 4.62. The van der Waals surface area contributed by atoms with Crippen LogP contribution in [0.5, 0.6) is 0 Å². The van der Waals surface area contributed by atoms with E-state index in [1.165, 1.54) is 0 Å². The molecule has 0 spiro atoms. The third-order valence-corrected chi connectivity index (χ3v) is 1.46. The van der Waals surface area contributed by atoms with Crippen molar-refractivity contribution in [1.82, 2.24) is 10.2 Å². The van der Waals surface area contributed by atoms with E-state index < -0.39 is 0 Å². The number of nitrogens with one attached hydrogen (secondary N) is 1. The molecule has 1 atom stereocenters. The van der Waals surface area contributed by atoms with Gasteiger partial charge in [0.1, 0.15) is 0 Å². The Bertz CT molecular complexity index is 66.1. The average molecular weight is 146 g/mol. The van der Waals surface area contributed by atoms with Gasteiger partial charge in [-0.05, 0) is 14.1 Å². The lowest BCUT2D eigenvalue weighted by Gasteiger charge is -2.23. The summed E-state index contributed by atoms with van der Waals surface area (Å²) < 4.78 is 0. The van der Waals surface area contributed by atoms with Crippen molar-refractivity contribution in [1.29, 1.82) is 0 Å². The molecule has 0 bridgehead atoms. The van der Waals surface area contributed by atoms with E-state index in [1.807, 2.05) is 19.0 Å². The second-order valence-electron chi connectivity index (χ2n) is 2.39. The van der Waals surface area contributed by atoms with Gasteiger partial charge in [-0.25, -0.2) is 0 Å². The molecule has 0 aliphatic rings. The van der Waals surface area contributed by atoms with E-state index in [-0.39, 0.29) is 6.17 Å². The highest BCUT2D eigenvalue weighted by Gasteiger charge is 2.05. The summed E-state index contributed by atoms with van der Waals surface area (Å²) >= 11 is 0. The van der Waals surface area contributed by atoms with Crippen LogP contribution in [0.4, 0.5) is 0 Å². The number of likely N-dealkylation sites (N-methyl/N-ethyl adjacent to an activating group) is 2. The van der Waals surface area contributed by atoms with Crippen molar-refractivity contribution in [3.63, 3.8) is 0 Å². The molecule has 0 rings (SSSR count). The molecule has 5 N–H and O–H groups in total. The maximum absolute atomic E-state index is 5.72. The van der Waals surface area contributed by atoms with E-state index in [2.05, 4.69) is 5.32 Å².